The van der Waals surface area contributed by atoms with Crippen LogP contribution in [0, 0.1) is 23.5 Å². The van der Waals surface area contributed by atoms with E-state index in [2.05, 4.69) is 0 Å². The highest BCUT2D eigenvalue weighted by Gasteiger charge is 2.35. The average molecular weight is 353 g/mol. The molecule has 2 aliphatic rings. The lowest BCUT2D eigenvalue weighted by atomic mass is 9.80. The van der Waals surface area contributed by atoms with E-state index in [-0.39, 0.29) is 18.4 Å². The van der Waals surface area contributed by atoms with E-state index in [0.717, 1.165) is 18.6 Å². The van der Waals surface area contributed by atoms with Crippen molar-refractivity contribution < 1.29 is 28.2 Å². The van der Waals surface area contributed by atoms with Crippen molar-refractivity contribution in [3.63, 3.8) is 0 Å². The normalized spacial score (nSPS) is 27.1. The number of amides is 1. The average Bonchev–Trinajstić information content (AvgIpc) is 2.63. The van der Waals surface area contributed by atoms with Crippen LogP contribution in [0.2, 0.25) is 0 Å². The summed E-state index contributed by atoms with van der Waals surface area (Å²) in [5.41, 5.74) is 0.489. The fraction of sp³-hybridized carbons (Fsp3) is 0.556. The Balaban J connectivity index is 1.67. The molecule has 1 heterocycles. The van der Waals surface area contributed by atoms with Gasteiger partial charge in [0.1, 0.15) is 6.10 Å². The second-order valence-electron chi connectivity index (χ2n) is 6.72. The summed E-state index contributed by atoms with van der Waals surface area (Å²) in [5, 5.41) is 9.18. The van der Waals surface area contributed by atoms with Crippen LogP contribution in [-0.4, -0.2) is 41.6 Å². The number of ether oxygens (including phenoxy) is 1. The summed E-state index contributed by atoms with van der Waals surface area (Å²) in [7, 11) is 0. The molecule has 5 nitrogen and oxygen atoms in total. The van der Waals surface area contributed by atoms with Crippen molar-refractivity contribution in [2.75, 3.05) is 19.7 Å². The quantitative estimate of drug-likeness (QED) is 0.907. The largest absolute Gasteiger partial charge is 0.481 e. The van der Waals surface area contributed by atoms with Crippen molar-refractivity contribution in [2.45, 2.75) is 31.8 Å². The number of hydrogen-bond acceptors (Lipinski definition) is 3. The molecule has 1 saturated carbocycles. The maximum Gasteiger partial charge on any atom is 0.306 e. The van der Waals surface area contributed by atoms with Crippen LogP contribution in [0.4, 0.5) is 8.78 Å². The zero-order valence-electron chi connectivity index (χ0n) is 13.8. The molecule has 1 aromatic carbocycles. The lowest BCUT2D eigenvalue weighted by Crippen LogP contribution is -2.46. The van der Waals surface area contributed by atoms with Gasteiger partial charge in [-0.3, -0.25) is 9.59 Å². The first-order valence-electron chi connectivity index (χ1n) is 8.54. The van der Waals surface area contributed by atoms with Crippen LogP contribution in [0.25, 0.3) is 0 Å². The van der Waals surface area contributed by atoms with E-state index in [1.54, 1.807) is 4.90 Å². The van der Waals surface area contributed by atoms with Gasteiger partial charge in [-0.25, -0.2) is 8.78 Å². The molecule has 25 heavy (non-hydrogen) atoms. The minimum absolute atomic E-state index is 0.0677. The Morgan fingerprint density at radius 2 is 1.92 bits per heavy atom. The smallest absolute Gasteiger partial charge is 0.306 e. The zero-order chi connectivity index (χ0) is 18.0. The molecule has 0 radical (unpaired) electrons. The second kappa shape index (κ2) is 7.47. The van der Waals surface area contributed by atoms with Gasteiger partial charge in [0.25, 0.3) is 0 Å². The number of aliphatic carboxylic acids is 1. The van der Waals surface area contributed by atoms with Crippen molar-refractivity contribution in [1.82, 2.24) is 4.90 Å². The molecular formula is C18H21F2NO4. The highest BCUT2D eigenvalue weighted by atomic mass is 19.2. The Morgan fingerprint density at radius 1 is 1.16 bits per heavy atom. The monoisotopic (exact) mass is 353 g/mol. The molecule has 1 aliphatic heterocycles. The number of benzene rings is 1. The molecule has 1 N–H and O–H groups in total. The molecule has 7 heteroatoms. The van der Waals surface area contributed by atoms with Crippen LogP contribution in [0.1, 0.15) is 37.4 Å². The molecule has 1 aliphatic carbocycles. The Morgan fingerprint density at radius 3 is 2.64 bits per heavy atom. The second-order valence-corrected chi connectivity index (χ2v) is 6.72. The van der Waals surface area contributed by atoms with Gasteiger partial charge in [-0.15, -0.1) is 0 Å². The zero-order valence-corrected chi connectivity index (χ0v) is 13.8. The third kappa shape index (κ3) is 3.98. The number of carbonyl (C=O) groups excluding carboxylic acids is 1. The number of nitrogens with zero attached hydrogens (tertiary/aromatic N) is 1. The Kier molecular flexibility index (Phi) is 5.32. The molecule has 3 rings (SSSR count). The summed E-state index contributed by atoms with van der Waals surface area (Å²) in [4.78, 5) is 25.6. The fourth-order valence-electron chi connectivity index (χ4n) is 3.66. The number of halogens is 2. The van der Waals surface area contributed by atoms with E-state index in [1.165, 1.54) is 6.07 Å². The van der Waals surface area contributed by atoms with Gasteiger partial charge in [-0.2, -0.15) is 0 Å². The van der Waals surface area contributed by atoms with Crippen molar-refractivity contribution >= 4 is 11.9 Å². The Labute approximate surface area is 144 Å². The first-order chi connectivity index (χ1) is 12.0. The summed E-state index contributed by atoms with van der Waals surface area (Å²) in [5.74, 6) is -3.54. The summed E-state index contributed by atoms with van der Waals surface area (Å²) >= 11 is 0. The molecule has 0 spiro atoms. The fourth-order valence-corrected chi connectivity index (χ4v) is 3.66. The molecule has 136 valence electrons. The molecule has 1 saturated heterocycles. The van der Waals surface area contributed by atoms with Gasteiger partial charge in [0, 0.05) is 12.5 Å². The number of carboxylic acid groups (broad SMARTS) is 1. The summed E-state index contributed by atoms with van der Waals surface area (Å²) < 4.78 is 32.1. The summed E-state index contributed by atoms with van der Waals surface area (Å²) in [6, 6.07) is 3.60. The number of carboxylic acids is 1. The minimum atomic E-state index is -0.943. The third-order valence-corrected chi connectivity index (χ3v) is 5.07. The summed E-state index contributed by atoms with van der Waals surface area (Å²) in [6.07, 6.45) is 1.88. The predicted octanol–water partition coefficient (Wildman–Crippen LogP) is 2.76. The van der Waals surface area contributed by atoms with Crippen molar-refractivity contribution in [3.05, 3.63) is 35.4 Å². The van der Waals surface area contributed by atoms with Gasteiger partial charge < -0.3 is 14.7 Å². The molecular weight excluding hydrogens is 332 g/mol. The Bertz CT molecular complexity index is 666. The van der Waals surface area contributed by atoms with Gasteiger partial charge in [-0.05, 0) is 37.0 Å². The molecule has 2 fully saturated rings. The summed E-state index contributed by atoms with van der Waals surface area (Å²) in [6.45, 7) is 0.996. The first kappa shape index (κ1) is 17.8. The number of carbonyl (C=O) groups is 2. The van der Waals surface area contributed by atoms with Gasteiger partial charge in [-0.1, -0.05) is 12.5 Å². The highest BCUT2D eigenvalue weighted by Crippen LogP contribution is 2.32. The third-order valence-electron chi connectivity index (χ3n) is 5.07. The van der Waals surface area contributed by atoms with Crippen LogP contribution in [0.15, 0.2) is 18.2 Å². The number of morpholine rings is 1. The van der Waals surface area contributed by atoms with E-state index in [9.17, 15) is 23.5 Å². The van der Waals surface area contributed by atoms with E-state index < -0.39 is 29.6 Å². The van der Waals surface area contributed by atoms with E-state index >= 15 is 0 Å². The highest BCUT2D eigenvalue weighted by molar-refractivity contribution is 5.80. The standard InChI is InChI=1S/C18H21F2NO4/c19-14-5-4-11(9-15(14)20)16-10-21(6-7-25-16)17(22)12-2-1-3-13(8-12)18(23)24/h4-5,9,12-13,16H,1-3,6-8,10H2,(H,23,24). The van der Waals surface area contributed by atoms with Crippen LogP contribution in [0.5, 0.6) is 0 Å². The van der Waals surface area contributed by atoms with Gasteiger partial charge in [0.2, 0.25) is 5.91 Å². The maximum absolute atomic E-state index is 13.4. The molecule has 0 aromatic heterocycles. The molecule has 0 bridgehead atoms. The molecule has 1 amide bonds. The maximum atomic E-state index is 13.4. The van der Waals surface area contributed by atoms with Crippen LogP contribution < -0.4 is 0 Å². The number of hydrogen-bond donors (Lipinski definition) is 1. The lowest BCUT2D eigenvalue weighted by molar-refractivity contribution is -0.148. The van der Waals surface area contributed by atoms with E-state index in [4.69, 9.17) is 4.74 Å². The molecule has 3 unspecified atom stereocenters. The van der Waals surface area contributed by atoms with Gasteiger partial charge >= 0.3 is 5.97 Å². The minimum Gasteiger partial charge on any atom is -0.481 e. The number of rotatable bonds is 3. The van der Waals surface area contributed by atoms with Crippen molar-refractivity contribution in [2.24, 2.45) is 11.8 Å². The van der Waals surface area contributed by atoms with Gasteiger partial charge in [0.15, 0.2) is 11.6 Å². The predicted molar refractivity (Wildman–Crippen MR) is 84.7 cm³/mol. The Hall–Kier alpha value is -2.02. The van der Waals surface area contributed by atoms with Crippen LogP contribution in [0.3, 0.4) is 0 Å². The molecule has 3 atom stereocenters. The topological polar surface area (TPSA) is 66.8 Å². The lowest BCUT2D eigenvalue weighted by Gasteiger charge is -2.37. The molecule has 1 aromatic rings. The first-order valence-corrected chi connectivity index (χ1v) is 8.54. The van der Waals surface area contributed by atoms with Crippen molar-refractivity contribution in [1.29, 1.82) is 0 Å². The van der Waals surface area contributed by atoms with E-state index in [1.807, 2.05) is 0 Å². The van der Waals surface area contributed by atoms with Crippen LogP contribution >= 0.6 is 0 Å². The van der Waals surface area contributed by atoms with Crippen LogP contribution in [-0.2, 0) is 14.3 Å². The SMILES string of the molecule is O=C(O)C1CCCC(C(=O)N2CCOC(c3ccc(F)c(F)c3)C2)C1. The van der Waals surface area contributed by atoms with E-state index in [0.29, 0.717) is 38.0 Å². The van der Waals surface area contributed by atoms with Crippen molar-refractivity contribution in [3.8, 4) is 0 Å². The van der Waals surface area contributed by atoms with Gasteiger partial charge in [0.05, 0.1) is 19.1 Å².